The van der Waals surface area contributed by atoms with Crippen molar-refractivity contribution >= 4 is 11.8 Å². The molecular weight excluding hydrogens is 386 g/mol. The quantitative estimate of drug-likeness (QED) is 0.692. The predicted octanol–water partition coefficient (Wildman–Crippen LogP) is 3.93. The number of rotatable bonds is 7. The lowest BCUT2D eigenvalue weighted by Crippen LogP contribution is -2.40. The molecule has 2 aliphatic rings. The molecule has 0 spiro atoms. The molecule has 2 amide bonds. The summed E-state index contributed by atoms with van der Waals surface area (Å²) in [6, 6.07) is 15.1. The van der Waals surface area contributed by atoms with Crippen LogP contribution in [0.5, 0.6) is 0 Å². The number of hydrogen-bond acceptors (Lipinski definition) is 3. The lowest BCUT2D eigenvalue weighted by Gasteiger charge is -2.30. The summed E-state index contributed by atoms with van der Waals surface area (Å²) in [5.41, 5.74) is 3.65. The SMILES string of the molecule is Cc1ccc(CN2C(=O)c3ccccc3[C@@H]2C(=O)NCCCN2CCC[C@@H](C)C2)cc1. The third-order valence-electron chi connectivity index (χ3n) is 6.47. The summed E-state index contributed by atoms with van der Waals surface area (Å²) in [4.78, 5) is 30.5. The van der Waals surface area contributed by atoms with E-state index in [0.717, 1.165) is 43.1 Å². The lowest BCUT2D eigenvalue weighted by atomic mass is 10.0. The Morgan fingerprint density at radius 2 is 1.90 bits per heavy atom. The topological polar surface area (TPSA) is 52.7 Å². The first-order chi connectivity index (χ1) is 15.0. The highest BCUT2D eigenvalue weighted by Gasteiger charge is 2.40. The number of nitrogens with zero attached hydrogens (tertiary/aromatic N) is 2. The zero-order chi connectivity index (χ0) is 21.8. The minimum Gasteiger partial charge on any atom is -0.354 e. The molecule has 5 heteroatoms. The number of benzene rings is 2. The van der Waals surface area contributed by atoms with Gasteiger partial charge < -0.3 is 15.1 Å². The van der Waals surface area contributed by atoms with Crippen molar-refractivity contribution in [1.29, 1.82) is 0 Å². The predicted molar refractivity (Wildman–Crippen MR) is 123 cm³/mol. The molecule has 2 aliphatic heterocycles. The largest absolute Gasteiger partial charge is 0.354 e. The van der Waals surface area contributed by atoms with Crippen molar-refractivity contribution in [3.8, 4) is 0 Å². The first kappa shape index (κ1) is 21.6. The first-order valence-corrected chi connectivity index (χ1v) is 11.5. The Kier molecular flexibility index (Phi) is 6.71. The van der Waals surface area contributed by atoms with Crippen LogP contribution in [0.2, 0.25) is 0 Å². The van der Waals surface area contributed by atoms with Gasteiger partial charge in [-0.05, 0) is 62.4 Å². The van der Waals surface area contributed by atoms with Gasteiger partial charge in [0.2, 0.25) is 5.91 Å². The molecule has 0 saturated carbocycles. The van der Waals surface area contributed by atoms with E-state index in [0.29, 0.717) is 18.7 Å². The minimum atomic E-state index is -0.569. The van der Waals surface area contributed by atoms with Crippen molar-refractivity contribution in [2.45, 2.75) is 45.7 Å². The van der Waals surface area contributed by atoms with E-state index in [1.54, 1.807) is 4.90 Å². The fourth-order valence-corrected chi connectivity index (χ4v) is 4.81. The van der Waals surface area contributed by atoms with Crippen molar-refractivity contribution < 1.29 is 9.59 Å². The van der Waals surface area contributed by atoms with Crippen LogP contribution in [0.1, 0.15) is 59.3 Å². The third kappa shape index (κ3) is 4.99. The van der Waals surface area contributed by atoms with E-state index in [2.05, 4.69) is 17.1 Å². The molecule has 0 aliphatic carbocycles. The van der Waals surface area contributed by atoms with Crippen LogP contribution < -0.4 is 5.32 Å². The first-order valence-electron chi connectivity index (χ1n) is 11.5. The maximum absolute atomic E-state index is 13.2. The number of amides is 2. The molecule has 2 atom stereocenters. The number of carbonyl (C=O) groups is 2. The van der Waals surface area contributed by atoms with Gasteiger partial charge in [0.15, 0.2) is 0 Å². The van der Waals surface area contributed by atoms with Crippen molar-refractivity contribution in [3.05, 3.63) is 70.8 Å². The van der Waals surface area contributed by atoms with Crippen molar-refractivity contribution in [3.63, 3.8) is 0 Å². The van der Waals surface area contributed by atoms with Crippen LogP contribution in [0.25, 0.3) is 0 Å². The summed E-state index contributed by atoms with van der Waals surface area (Å²) in [6.45, 7) is 8.74. The molecule has 1 saturated heterocycles. The second-order valence-electron chi connectivity index (χ2n) is 9.10. The summed E-state index contributed by atoms with van der Waals surface area (Å²) in [5, 5.41) is 3.10. The van der Waals surface area contributed by atoms with Gasteiger partial charge >= 0.3 is 0 Å². The highest BCUT2D eigenvalue weighted by molar-refractivity contribution is 6.04. The number of fused-ring (bicyclic) bond motifs is 1. The minimum absolute atomic E-state index is 0.0707. The van der Waals surface area contributed by atoms with Gasteiger partial charge in [-0.15, -0.1) is 0 Å². The standard InChI is InChI=1S/C26H33N3O2/c1-19-10-12-21(13-11-19)18-29-24(22-8-3-4-9-23(22)26(29)31)25(30)27-14-6-16-28-15-5-7-20(2)17-28/h3-4,8-13,20,24H,5-7,14-18H2,1-2H3,(H,27,30)/t20-,24-/m1/s1. The Hall–Kier alpha value is -2.66. The Labute approximate surface area is 185 Å². The molecule has 1 fully saturated rings. The second kappa shape index (κ2) is 9.65. The van der Waals surface area contributed by atoms with Crippen LogP contribution in [0.3, 0.4) is 0 Å². The number of nitrogens with one attached hydrogen (secondary N) is 1. The van der Waals surface area contributed by atoms with Crippen LogP contribution >= 0.6 is 0 Å². The summed E-state index contributed by atoms with van der Waals surface area (Å²) in [7, 11) is 0. The van der Waals surface area contributed by atoms with Crippen molar-refractivity contribution in [1.82, 2.24) is 15.1 Å². The molecule has 31 heavy (non-hydrogen) atoms. The molecule has 0 unspecified atom stereocenters. The Morgan fingerprint density at radius 1 is 1.13 bits per heavy atom. The third-order valence-corrected chi connectivity index (χ3v) is 6.47. The molecule has 0 bridgehead atoms. The van der Waals surface area contributed by atoms with Gasteiger partial charge in [-0.3, -0.25) is 9.59 Å². The number of likely N-dealkylation sites (tertiary alicyclic amines) is 1. The van der Waals surface area contributed by atoms with Crippen LogP contribution in [-0.2, 0) is 11.3 Å². The van der Waals surface area contributed by atoms with E-state index in [4.69, 9.17) is 0 Å². The van der Waals surface area contributed by atoms with Gasteiger partial charge in [0.05, 0.1) is 0 Å². The number of aryl methyl sites for hydroxylation is 1. The monoisotopic (exact) mass is 419 g/mol. The molecular formula is C26H33N3O2. The second-order valence-corrected chi connectivity index (χ2v) is 9.10. The molecule has 4 rings (SSSR count). The Bertz CT molecular complexity index is 925. The Balaban J connectivity index is 1.41. The number of piperidine rings is 1. The Morgan fingerprint density at radius 3 is 2.68 bits per heavy atom. The normalized spacial score (nSPS) is 21.2. The van der Waals surface area contributed by atoms with Crippen molar-refractivity contribution in [2.75, 3.05) is 26.2 Å². The molecule has 0 aromatic heterocycles. The van der Waals surface area contributed by atoms with Crippen LogP contribution in [0.4, 0.5) is 0 Å². The van der Waals surface area contributed by atoms with Gasteiger partial charge in [0.25, 0.3) is 5.91 Å². The van der Waals surface area contributed by atoms with Gasteiger partial charge in [-0.2, -0.15) is 0 Å². The molecule has 164 valence electrons. The van der Waals surface area contributed by atoms with Gasteiger partial charge in [-0.25, -0.2) is 0 Å². The highest BCUT2D eigenvalue weighted by atomic mass is 16.2. The van der Waals surface area contributed by atoms with Crippen LogP contribution in [-0.4, -0.2) is 47.8 Å². The van der Waals surface area contributed by atoms with E-state index in [9.17, 15) is 9.59 Å². The van der Waals surface area contributed by atoms with E-state index in [1.165, 1.54) is 18.4 Å². The van der Waals surface area contributed by atoms with Gasteiger partial charge in [0, 0.05) is 25.2 Å². The molecule has 2 aromatic carbocycles. The molecule has 2 heterocycles. The van der Waals surface area contributed by atoms with Crippen LogP contribution in [0, 0.1) is 12.8 Å². The summed E-state index contributed by atoms with van der Waals surface area (Å²) in [6.07, 6.45) is 3.51. The van der Waals surface area contributed by atoms with E-state index in [-0.39, 0.29) is 11.8 Å². The summed E-state index contributed by atoms with van der Waals surface area (Å²) >= 11 is 0. The van der Waals surface area contributed by atoms with E-state index >= 15 is 0 Å². The van der Waals surface area contributed by atoms with Gasteiger partial charge in [-0.1, -0.05) is 55.0 Å². The lowest BCUT2D eigenvalue weighted by molar-refractivity contribution is -0.125. The molecule has 2 aromatic rings. The fourth-order valence-electron chi connectivity index (χ4n) is 4.81. The maximum Gasteiger partial charge on any atom is 0.255 e. The zero-order valence-electron chi connectivity index (χ0n) is 18.6. The number of carbonyl (C=O) groups excluding carboxylic acids is 2. The maximum atomic E-state index is 13.2. The van der Waals surface area contributed by atoms with Gasteiger partial charge in [0.1, 0.15) is 6.04 Å². The summed E-state index contributed by atoms with van der Waals surface area (Å²) in [5.74, 6) is 0.607. The highest BCUT2D eigenvalue weighted by Crippen LogP contribution is 2.35. The smallest absolute Gasteiger partial charge is 0.255 e. The molecule has 5 nitrogen and oxygen atoms in total. The summed E-state index contributed by atoms with van der Waals surface area (Å²) < 4.78 is 0. The van der Waals surface area contributed by atoms with Crippen molar-refractivity contribution in [2.24, 2.45) is 5.92 Å². The van der Waals surface area contributed by atoms with E-state index < -0.39 is 6.04 Å². The molecule has 0 radical (unpaired) electrons. The average Bonchev–Trinajstić information content (AvgIpc) is 3.05. The molecule has 1 N–H and O–H groups in total. The average molecular weight is 420 g/mol. The zero-order valence-corrected chi connectivity index (χ0v) is 18.6. The van der Waals surface area contributed by atoms with E-state index in [1.807, 2.05) is 55.5 Å². The number of hydrogen-bond donors (Lipinski definition) is 1. The fraction of sp³-hybridized carbons (Fsp3) is 0.462. The van der Waals surface area contributed by atoms with Crippen LogP contribution in [0.15, 0.2) is 48.5 Å².